The van der Waals surface area contributed by atoms with Gasteiger partial charge >= 0.3 is 12.0 Å². The van der Waals surface area contributed by atoms with E-state index in [1.54, 1.807) is 12.1 Å². The molecule has 0 spiro atoms. The predicted molar refractivity (Wildman–Crippen MR) is 105 cm³/mol. The molecule has 148 valence electrons. The number of rotatable bonds is 6. The van der Waals surface area contributed by atoms with Crippen LogP contribution in [-0.2, 0) is 4.74 Å². The van der Waals surface area contributed by atoms with Crippen LogP contribution in [0.4, 0.5) is 14.9 Å². The molecule has 1 fully saturated rings. The number of urea groups is 1. The smallest absolute Gasteiger partial charge is 0.338 e. The summed E-state index contributed by atoms with van der Waals surface area (Å²) < 4.78 is 20.4. The van der Waals surface area contributed by atoms with Crippen LogP contribution in [0.2, 0.25) is 0 Å². The summed E-state index contributed by atoms with van der Waals surface area (Å²) in [6.07, 6.45) is 0.306. The minimum absolute atomic E-state index is 0.0890. The number of nitrogens with zero attached hydrogens (tertiary/aromatic N) is 1. The van der Waals surface area contributed by atoms with E-state index in [4.69, 9.17) is 10.5 Å². The Morgan fingerprint density at radius 2 is 2.00 bits per heavy atom. The second-order valence-corrected chi connectivity index (χ2v) is 7.10. The molecule has 1 aliphatic rings. The van der Waals surface area contributed by atoms with Crippen molar-refractivity contribution in [2.75, 3.05) is 25.0 Å². The van der Waals surface area contributed by atoms with E-state index in [1.165, 1.54) is 12.1 Å². The number of halogens is 1. The Morgan fingerprint density at radius 1 is 1.25 bits per heavy atom. The maximum atomic E-state index is 15.2. The van der Waals surface area contributed by atoms with Gasteiger partial charge in [0.05, 0.1) is 5.56 Å². The molecule has 1 heterocycles. The van der Waals surface area contributed by atoms with Crippen molar-refractivity contribution in [3.05, 3.63) is 65.7 Å². The molecule has 0 aromatic heterocycles. The second-order valence-electron chi connectivity index (χ2n) is 7.10. The Balaban J connectivity index is 1.57. The summed E-state index contributed by atoms with van der Waals surface area (Å²) in [7, 11) is 0. The number of esters is 1. The highest BCUT2D eigenvalue weighted by atomic mass is 19.1. The Morgan fingerprint density at radius 3 is 2.71 bits per heavy atom. The van der Waals surface area contributed by atoms with Gasteiger partial charge in [0.2, 0.25) is 0 Å². The van der Waals surface area contributed by atoms with Crippen LogP contribution in [0.1, 0.15) is 35.3 Å². The summed E-state index contributed by atoms with van der Waals surface area (Å²) >= 11 is 0. The van der Waals surface area contributed by atoms with Crippen molar-refractivity contribution in [1.82, 2.24) is 4.90 Å². The maximum absolute atomic E-state index is 15.2. The summed E-state index contributed by atoms with van der Waals surface area (Å²) in [4.78, 5) is 25.2. The van der Waals surface area contributed by atoms with Gasteiger partial charge in [0.25, 0.3) is 0 Å². The third kappa shape index (κ3) is 4.86. The Labute approximate surface area is 163 Å². The zero-order valence-corrected chi connectivity index (χ0v) is 15.7. The molecule has 0 radical (unpaired) electrons. The molecule has 0 aliphatic carbocycles. The van der Waals surface area contributed by atoms with E-state index in [2.05, 4.69) is 10.2 Å². The number of nitrogens with two attached hydrogens (primary N) is 1. The normalized spacial score (nSPS) is 20.5. The third-order valence-corrected chi connectivity index (χ3v) is 4.99. The number of amides is 2. The number of carbonyl (C=O) groups is 2. The molecule has 7 heteroatoms. The van der Waals surface area contributed by atoms with Gasteiger partial charge in [-0.05, 0) is 37.1 Å². The summed E-state index contributed by atoms with van der Waals surface area (Å²) in [5, 5.41) is 2.39. The fraction of sp³-hybridized carbons (Fsp3) is 0.333. The fourth-order valence-corrected chi connectivity index (χ4v) is 3.40. The number of alkyl halides is 1. The van der Waals surface area contributed by atoms with E-state index in [1.807, 2.05) is 37.3 Å². The molecule has 1 saturated heterocycles. The largest absolute Gasteiger partial charge is 0.459 e. The van der Waals surface area contributed by atoms with Gasteiger partial charge in [-0.3, -0.25) is 4.90 Å². The predicted octanol–water partition coefficient (Wildman–Crippen LogP) is 3.51. The number of ether oxygens (including phenoxy) is 1. The van der Waals surface area contributed by atoms with Crippen molar-refractivity contribution in [1.29, 1.82) is 0 Å². The number of carbonyl (C=O) groups excluding carboxylic acids is 2. The van der Waals surface area contributed by atoms with Gasteiger partial charge in [-0.2, -0.15) is 0 Å². The topological polar surface area (TPSA) is 84.7 Å². The van der Waals surface area contributed by atoms with Crippen LogP contribution in [0.5, 0.6) is 0 Å². The summed E-state index contributed by atoms with van der Waals surface area (Å²) in [6.45, 7) is 2.55. The summed E-state index contributed by atoms with van der Waals surface area (Å²) in [5.41, 5.74) is 5.21. The Kier molecular flexibility index (Phi) is 5.94. The van der Waals surface area contributed by atoms with Crippen LogP contribution in [0.15, 0.2) is 54.6 Å². The van der Waals surface area contributed by atoms with Gasteiger partial charge in [-0.25, -0.2) is 14.0 Å². The lowest BCUT2D eigenvalue weighted by molar-refractivity contribution is 0.0164. The van der Waals surface area contributed by atoms with Crippen LogP contribution < -0.4 is 11.1 Å². The van der Waals surface area contributed by atoms with Crippen LogP contribution in [0, 0.1) is 0 Å². The van der Waals surface area contributed by atoms with Gasteiger partial charge in [-0.15, -0.1) is 0 Å². The van der Waals surface area contributed by atoms with Crippen molar-refractivity contribution in [2.24, 2.45) is 5.73 Å². The molecule has 0 saturated carbocycles. The summed E-state index contributed by atoms with van der Waals surface area (Å²) in [6, 6.07) is 15.5. The zero-order chi connectivity index (χ0) is 20.1. The van der Waals surface area contributed by atoms with Gasteiger partial charge in [0.15, 0.2) is 5.67 Å². The van der Waals surface area contributed by atoms with E-state index in [9.17, 15) is 9.59 Å². The van der Waals surface area contributed by atoms with Gasteiger partial charge in [0.1, 0.15) is 6.61 Å². The monoisotopic (exact) mass is 385 g/mol. The molecule has 28 heavy (non-hydrogen) atoms. The molecule has 3 N–H and O–H groups in total. The van der Waals surface area contributed by atoms with Crippen LogP contribution in [0.25, 0.3) is 0 Å². The molecule has 2 aromatic carbocycles. The number of nitrogens with one attached hydrogen (secondary N) is 1. The molecule has 2 atom stereocenters. The maximum Gasteiger partial charge on any atom is 0.338 e. The molecule has 6 nitrogen and oxygen atoms in total. The van der Waals surface area contributed by atoms with E-state index >= 15 is 4.39 Å². The van der Waals surface area contributed by atoms with Crippen LogP contribution in [-0.4, -0.2) is 42.3 Å². The fourth-order valence-electron chi connectivity index (χ4n) is 3.40. The number of benzene rings is 2. The van der Waals surface area contributed by atoms with Crippen molar-refractivity contribution in [3.63, 3.8) is 0 Å². The van der Waals surface area contributed by atoms with Gasteiger partial charge < -0.3 is 15.8 Å². The van der Waals surface area contributed by atoms with E-state index in [-0.39, 0.29) is 24.8 Å². The Hall–Kier alpha value is -2.93. The van der Waals surface area contributed by atoms with E-state index in [0.717, 1.165) is 5.56 Å². The average molecular weight is 385 g/mol. The first-order valence-corrected chi connectivity index (χ1v) is 9.18. The quantitative estimate of drug-likeness (QED) is 0.746. The highest BCUT2D eigenvalue weighted by Crippen LogP contribution is 2.32. The van der Waals surface area contributed by atoms with Gasteiger partial charge in [0, 0.05) is 24.8 Å². The lowest BCUT2D eigenvalue weighted by Gasteiger charge is -2.26. The molecule has 3 rings (SSSR count). The van der Waals surface area contributed by atoms with E-state index < -0.39 is 17.7 Å². The minimum Gasteiger partial charge on any atom is -0.459 e. The zero-order valence-electron chi connectivity index (χ0n) is 15.7. The van der Waals surface area contributed by atoms with Crippen LogP contribution in [0.3, 0.4) is 0 Å². The standard InChI is InChI=1S/C21H24FN3O3/c1-15(16-6-3-2-4-7-16)25-11-10-21(22,13-25)14-28-19(26)17-8-5-9-18(12-17)24-20(23)27/h2-9,12,15H,10-11,13-14H2,1H3,(H3,23,24,27)/t15-,21+/m1/s1. The van der Waals surface area contributed by atoms with Crippen molar-refractivity contribution in [3.8, 4) is 0 Å². The number of likely N-dealkylation sites (tertiary alicyclic amines) is 1. The third-order valence-electron chi connectivity index (χ3n) is 4.99. The van der Waals surface area contributed by atoms with Crippen molar-refractivity contribution < 1.29 is 18.7 Å². The Bertz CT molecular complexity index is 846. The molecular weight excluding hydrogens is 361 g/mol. The SMILES string of the molecule is C[C@H](c1ccccc1)N1CC[C@@](F)(COC(=O)c2cccc(NC(N)=O)c2)C1. The number of anilines is 1. The second kappa shape index (κ2) is 8.39. The van der Waals surface area contributed by atoms with E-state index in [0.29, 0.717) is 18.7 Å². The molecule has 0 bridgehead atoms. The summed E-state index contributed by atoms with van der Waals surface area (Å²) in [5.74, 6) is -0.639. The van der Waals surface area contributed by atoms with Crippen LogP contribution >= 0.6 is 0 Å². The first-order chi connectivity index (χ1) is 13.4. The molecule has 2 amide bonds. The van der Waals surface area contributed by atoms with Gasteiger partial charge in [-0.1, -0.05) is 36.4 Å². The molecule has 1 aliphatic heterocycles. The average Bonchev–Trinajstić information content (AvgIpc) is 3.08. The highest BCUT2D eigenvalue weighted by molar-refractivity contribution is 5.93. The number of primary amides is 1. The molecule has 0 unspecified atom stereocenters. The van der Waals surface area contributed by atoms with Crippen molar-refractivity contribution >= 4 is 17.7 Å². The molecule has 2 aromatic rings. The first kappa shape index (κ1) is 19.8. The number of hydrogen-bond donors (Lipinski definition) is 2. The number of hydrogen-bond acceptors (Lipinski definition) is 4. The first-order valence-electron chi connectivity index (χ1n) is 9.18. The molecular formula is C21H24FN3O3. The minimum atomic E-state index is -1.58. The lowest BCUT2D eigenvalue weighted by Crippen LogP contribution is -2.35. The highest BCUT2D eigenvalue weighted by Gasteiger charge is 2.41. The lowest BCUT2D eigenvalue weighted by atomic mass is 10.1. The van der Waals surface area contributed by atoms with Crippen molar-refractivity contribution in [2.45, 2.75) is 25.1 Å².